The Labute approximate surface area is 181 Å². The number of tetrazole rings is 1. The zero-order chi connectivity index (χ0) is 22.1. The average Bonchev–Trinajstić information content (AvgIpc) is 3.31. The third-order valence-electron chi connectivity index (χ3n) is 5.15. The van der Waals surface area contributed by atoms with Crippen LogP contribution in [0.3, 0.4) is 0 Å². The highest BCUT2D eigenvalue weighted by atomic mass is 32.2. The van der Waals surface area contributed by atoms with Crippen molar-refractivity contribution in [3.63, 3.8) is 0 Å². The number of benzene rings is 2. The van der Waals surface area contributed by atoms with Crippen LogP contribution in [-0.4, -0.2) is 54.4 Å². The van der Waals surface area contributed by atoms with Crippen molar-refractivity contribution in [1.82, 2.24) is 24.5 Å². The summed E-state index contributed by atoms with van der Waals surface area (Å²) in [5, 5.41) is 10.9. The molecule has 0 saturated carbocycles. The Hall–Kier alpha value is -2.83. The fraction of sp³-hybridized carbons (Fsp3) is 0.316. The van der Waals surface area contributed by atoms with Crippen LogP contribution >= 0.6 is 0 Å². The molecule has 2 aromatic carbocycles. The summed E-state index contributed by atoms with van der Waals surface area (Å²) < 4.78 is 57.3. The lowest BCUT2D eigenvalue weighted by atomic mass is 10.2. The number of nitrogens with one attached hydrogen (secondary N) is 1. The Balaban J connectivity index is 1.65. The van der Waals surface area contributed by atoms with Crippen LogP contribution in [0, 0.1) is 6.92 Å². The van der Waals surface area contributed by atoms with Gasteiger partial charge in [0.15, 0.2) is 0 Å². The third-order valence-corrected chi connectivity index (χ3v) is 8.41. The van der Waals surface area contributed by atoms with Gasteiger partial charge >= 0.3 is 0 Å². The van der Waals surface area contributed by atoms with E-state index < -0.39 is 20.0 Å². The van der Waals surface area contributed by atoms with E-state index in [2.05, 4.69) is 20.2 Å². The Morgan fingerprint density at radius 2 is 1.71 bits per heavy atom. The minimum absolute atomic E-state index is 0.00388. The monoisotopic (exact) mass is 462 g/mol. The maximum Gasteiger partial charge on any atom is 0.261 e. The largest absolute Gasteiger partial charge is 0.279 e. The van der Waals surface area contributed by atoms with E-state index in [0.29, 0.717) is 24.3 Å². The zero-order valence-electron chi connectivity index (χ0n) is 16.8. The number of rotatable bonds is 6. The average molecular weight is 463 g/mol. The molecule has 12 heteroatoms. The second kappa shape index (κ2) is 8.36. The minimum atomic E-state index is -3.98. The van der Waals surface area contributed by atoms with Gasteiger partial charge in [-0.3, -0.25) is 4.72 Å². The SMILES string of the molecule is Cc1ccc(S(=O)(=O)N2CCCCC2)cc1NS(=O)(=O)c1cccc(-n2cnnn2)c1. The van der Waals surface area contributed by atoms with Crippen molar-refractivity contribution in [2.75, 3.05) is 17.8 Å². The molecule has 4 rings (SSSR count). The highest BCUT2D eigenvalue weighted by molar-refractivity contribution is 7.92. The van der Waals surface area contributed by atoms with Crippen molar-refractivity contribution < 1.29 is 16.8 Å². The van der Waals surface area contributed by atoms with Crippen LogP contribution in [0.5, 0.6) is 0 Å². The van der Waals surface area contributed by atoms with Crippen LogP contribution in [0.25, 0.3) is 5.69 Å². The standard InChI is InChI=1S/C19H22N6O4S2/c1-15-8-9-18(31(28,29)24-10-3-2-4-11-24)13-19(15)21-30(26,27)17-7-5-6-16(12-17)25-14-20-22-23-25/h5-9,12-14,21H,2-4,10-11H2,1H3. The molecule has 0 radical (unpaired) electrons. The summed E-state index contributed by atoms with van der Waals surface area (Å²) in [4.78, 5) is 0.0735. The molecule has 1 aliphatic rings. The van der Waals surface area contributed by atoms with Gasteiger partial charge in [0, 0.05) is 13.1 Å². The highest BCUT2D eigenvalue weighted by Crippen LogP contribution is 2.27. The van der Waals surface area contributed by atoms with Gasteiger partial charge in [-0.2, -0.15) is 4.31 Å². The molecule has 0 unspecified atom stereocenters. The summed E-state index contributed by atoms with van der Waals surface area (Å²) in [6.45, 7) is 2.66. The molecule has 1 saturated heterocycles. The number of sulfonamides is 2. The molecule has 1 aliphatic heterocycles. The molecule has 2 heterocycles. The third kappa shape index (κ3) is 4.45. The molecule has 0 atom stereocenters. The van der Waals surface area contributed by atoms with E-state index in [4.69, 9.17) is 0 Å². The summed E-state index contributed by atoms with van der Waals surface area (Å²) >= 11 is 0. The fourth-order valence-electron chi connectivity index (χ4n) is 3.40. The van der Waals surface area contributed by atoms with Crippen molar-refractivity contribution in [2.45, 2.75) is 36.0 Å². The van der Waals surface area contributed by atoms with Crippen LogP contribution in [-0.2, 0) is 20.0 Å². The first kappa shape index (κ1) is 21.4. The molecule has 0 aliphatic carbocycles. The van der Waals surface area contributed by atoms with Gasteiger partial charge in [0.05, 0.1) is 21.2 Å². The summed E-state index contributed by atoms with van der Waals surface area (Å²) in [7, 11) is -7.66. The Morgan fingerprint density at radius 3 is 2.42 bits per heavy atom. The second-order valence-corrected chi connectivity index (χ2v) is 10.9. The molecular formula is C19H22N6O4S2. The summed E-state index contributed by atoms with van der Waals surface area (Å²) in [6, 6.07) is 10.6. The lowest BCUT2D eigenvalue weighted by Gasteiger charge is -2.26. The first-order valence-electron chi connectivity index (χ1n) is 9.74. The minimum Gasteiger partial charge on any atom is -0.279 e. The van der Waals surface area contributed by atoms with E-state index >= 15 is 0 Å². The predicted molar refractivity (Wildman–Crippen MR) is 114 cm³/mol. The van der Waals surface area contributed by atoms with E-state index in [0.717, 1.165) is 19.3 Å². The second-order valence-electron chi connectivity index (χ2n) is 7.30. The summed E-state index contributed by atoms with van der Waals surface area (Å²) in [6.07, 6.45) is 4.01. The zero-order valence-corrected chi connectivity index (χ0v) is 18.5. The van der Waals surface area contributed by atoms with E-state index in [-0.39, 0.29) is 15.5 Å². The molecule has 10 nitrogen and oxygen atoms in total. The number of anilines is 1. The fourth-order valence-corrected chi connectivity index (χ4v) is 6.11. The maximum absolute atomic E-state index is 13.0. The van der Waals surface area contributed by atoms with Crippen LogP contribution in [0.4, 0.5) is 5.69 Å². The molecule has 3 aromatic rings. The molecule has 0 spiro atoms. The number of nitrogens with zero attached hydrogens (tertiary/aromatic N) is 5. The van der Waals surface area contributed by atoms with Gasteiger partial charge in [0.25, 0.3) is 10.0 Å². The molecule has 31 heavy (non-hydrogen) atoms. The summed E-state index contributed by atoms with van der Waals surface area (Å²) in [5.74, 6) is 0. The molecule has 1 aromatic heterocycles. The number of aromatic nitrogens is 4. The van der Waals surface area contributed by atoms with Crippen molar-refractivity contribution >= 4 is 25.7 Å². The molecular weight excluding hydrogens is 440 g/mol. The van der Waals surface area contributed by atoms with E-state index in [1.165, 1.54) is 39.6 Å². The van der Waals surface area contributed by atoms with Gasteiger partial charge in [-0.25, -0.2) is 21.5 Å². The van der Waals surface area contributed by atoms with Gasteiger partial charge in [0.2, 0.25) is 10.0 Å². The number of hydrogen-bond acceptors (Lipinski definition) is 7. The Bertz CT molecular complexity index is 1280. The van der Waals surface area contributed by atoms with Crippen LogP contribution < -0.4 is 4.72 Å². The number of aryl methyl sites for hydroxylation is 1. The molecule has 1 N–H and O–H groups in total. The highest BCUT2D eigenvalue weighted by Gasteiger charge is 2.27. The quantitative estimate of drug-likeness (QED) is 0.593. The molecule has 1 fully saturated rings. The first-order valence-corrected chi connectivity index (χ1v) is 12.7. The smallest absolute Gasteiger partial charge is 0.261 e. The van der Waals surface area contributed by atoms with Crippen LogP contribution in [0.2, 0.25) is 0 Å². The van der Waals surface area contributed by atoms with E-state index in [1.54, 1.807) is 25.1 Å². The summed E-state index contributed by atoms with van der Waals surface area (Å²) in [5.41, 5.74) is 1.30. The van der Waals surface area contributed by atoms with Crippen molar-refractivity contribution in [2.24, 2.45) is 0 Å². The van der Waals surface area contributed by atoms with Crippen LogP contribution in [0.15, 0.2) is 58.6 Å². The molecule has 0 amide bonds. The Kier molecular flexibility index (Phi) is 5.77. The normalized spacial score (nSPS) is 15.6. The van der Waals surface area contributed by atoms with Gasteiger partial charge in [-0.05, 0) is 66.1 Å². The van der Waals surface area contributed by atoms with Crippen molar-refractivity contribution in [3.05, 3.63) is 54.4 Å². The Morgan fingerprint density at radius 1 is 0.935 bits per heavy atom. The molecule has 0 bridgehead atoms. The van der Waals surface area contributed by atoms with Gasteiger partial charge in [-0.1, -0.05) is 18.6 Å². The van der Waals surface area contributed by atoms with Gasteiger partial charge in [-0.15, -0.1) is 5.10 Å². The van der Waals surface area contributed by atoms with E-state index in [9.17, 15) is 16.8 Å². The topological polar surface area (TPSA) is 127 Å². The van der Waals surface area contributed by atoms with E-state index in [1.807, 2.05) is 0 Å². The maximum atomic E-state index is 13.0. The lowest BCUT2D eigenvalue weighted by Crippen LogP contribution is -2.35. The lowest BCUT2D eigenvalue weighted by molar-refractivity contribution is 0.346. The molecule has 164 valence electrons. The number of piperidine rings is 1. The van der Waals surface area contributed by atoms with Crippen LogP contribution in [0.1, 0.15) is 24.8 Å². The van der Waals surface area contributed by atoms with Crippen molar-refractivity contribution in [1.29, 1.82) is 0 Å². The number of hydrogen-bond donors (Lipinski definition) is 1. The van der Waals surface area contributed by atoms with Crippen molar-refractivity contribution in [3.8, 4) is 5.69 Å². The predicted octanol–water partition coefficient (Wildman–Crippen LogP) is 1.95. The first-order chi connectivity index (χ1) is 14.8. The van der Waals surface area contributed by atoms with Gasteiger partial charge in [0.1, 0.15) is 6.33 Å². The van der Waals surface area contributed by atoms with Gasteiger partial charge < -0.3 is 0 Å².